The summed E-state index contributed by atoms with van der Waals surface area (Å²) >= 11 is 0. The van der Waals surface area contributed by atoms with E-state index < -0.39 is 0 Å². The van der Waals surface area contributed by atoms with Gasteiger partial charge in [0.25, 0.3) is 0 Å². The molecule has 0 bridgehead atoms. The Balaban J connectivity index is 0.00000338. The van der Waals surface area contributed by atoms with Crippen LogP contribution in [-0.4, -0.2) is 63.3 Å². The Morgan fingerprint density at radius 1 is 1.15 bits per heavy atom. The van der Waals surface area contributed by atoms with Crippen LogP contribution in [0.15, 0.2) is 4.99 Å². The monoisotopic (exact) mass is 480 g/mol. The van der Waals surface area contributed by atoms with E-state index in [-0.39, 0.29) is 29.4 Å². The molecular weight excluding hydrogens is 439 g/mol. The summed E-state index contributed by atoms with van der Waals surface area (Å²) in [6.07, 6.45) is 5.39. The van der Waals surface area contributed by atoms with E-state index in [2.05, 4.69) is 48.2 Å². The highest BCUT2D eigenvalue weighted by molar-refractivity contribution is 14.0. The molecule has 2 unspecified atom stereocenters. The van der Waals surface area contributed by atoms with Crippen molar-refractivity contribution < 1.29 is 4.74 Å². The Hall–Kier alpha value is -0.0800. The van der Waals surface area contributed by atoms with Crippen molar-refractivity contribution in [3.05, 3.63) is 0 Å². The molecule has 2 atom stereocenters. The molecule has 0 aromatic carbocycles. The molecule has 2 aliphatic heterocycles. The summed E-state index contributed by atoms with van der Waals surface area (Å²) in [4.78, 5) is 6.95. The van der Waals surface area contributed by atoms with Crippen LogP contribution < -0.4 is 10.6 Å². The highest BCUT2D eigenvalue weighted by atomic mass is 127. The van der Waals surface area contributed by atoms with Crippen LogP contribution in [0.5, 0.6) is 0 Å². The molecule has 2 saturated heterocycles. The zero-order valence-corrected chi connectivity index (χ0v) is 19.8. The lowest BCUT2D eigenvalue weighted by molar-refractivity contribution is -0.0835. The highest BCUT2D eigenvalue weighted by Gasteiger charge is 2.35. The van der Waals surface area contributed by atoms with Crippen molar-refractivity contribution in [3.8, 4) is 0 Å². The molecule has 0 aromatic rings. The first-order valence-corrected chi connectivity index (χ1v) is 10.2. The summed E-state index contributed by atoms with van der Waals surface area (Å²) in [5, 5.41) is 7.00. The molecule has 26 heavy (non-hydrogen) atoms. The van der Waals surface area contributed by atoms with Gasteiger partial charge >= 0.3 is 0 Å². The number of aliphatic imine (C=N–C) groups is 1. The number of hydrogen-bond acceptors (Lipinski definition) is 3. The van der Waals surface area contributed by atoms with Crippen molar-refractivity contribution in [2.45, 2.75) is 59.5 Å². The van der Waals surface area contributed by atoms with Crippen molar-refractivity contribution in [3.63, 3.8) is 0 Å². The largest absolute Gasteiger partial charge is 0.377 e. The van der Waals surface area contributed by atoms with Gasteiger partial charge in [-0.2, -0.15) is 0 Å². The predicted molar refractivity (Wildman–Crippen MR) is 122 cm³/mol. The molecule has 0 saturated carbocycles. The summed E-state index contributed by atoms with van der Waals surface area (Å²) in [5.74, 6) is 2.37. The van der Waals surface area contributed by atoms with Crippen molar-refractivity contribution in [1.29, 1.82) is 0 Å². The SMILES string of the molecule is CN=C(NCCN1CCC(C)CC1)NCC1CCCOC1C(C)(C)C.I. The first-order chi connectivity index (χ1) is 11.9. The van der Waals surface area contributed by atoms with E-state index in [0.29, 0.717) is 12.0 Å². The van der Waals surface area contributed by atoms with E-state index in [4.69, 9.17) is 4.74 Å². The summed E-state index contributed by atoms with van der Waals surface area (Å²) in [6, 6.07) is 0. The standard InChI is InChI=1S/C20H40N4O.HI/c1-16-8-11-24(12-9-16)13-10-22-19(21-5)23-15-17-7-6-14-25-18(17)20(2,3)4;/h16-18H,6-15H2,1-5H3,(H2,21,22,23);1H. The second-order valence-corrected chi connectivity index (χ2v) is 8.96. The van der Waals surface area contributed by atoms with E-state index in [1.54, 1.807) is 0 Å². The van der Waals surface area contributed by atoms with E-state index in [0.717, 1.165) is 38.1 Å². The molecule has 2 fully saturated rings. The molecule has 0 aromatic heterocycles. The van der Waals surface area contributed by atoms with Gasteiger partial charge in [-0.3, -0.25) is 4.99 Å². The Morgan fingerprint density at radius 2 is 1.85 bits per heavy atom. The Bertz CT molecular complexity index is 417. The van der Waals surface area contributed by atoms with Crippen LogP contribution in [0.4, 0.5) is 0 Å². The lowest BCUT2D eigenvalue weighted by Crippen LogP contribution is -2.48. The van der Waals surface area contributed by atoms with Crippen LogP contribution in [0, 0.1) is 17.3 Å². The quantitative estimate of drug-likeness (QED) is 0.360. The molecule has 6 heteroatoms. The Kier molecular flexibility index (Phi) is 10.8. The molecular formula is C20H41IN4O. The van der Waals surface area contributed by atoms with Crippen LogP contribution in [0.1, 0.15) is 53.4 Å². The number of nitrogens with zero attached hydrogens (tertiary/aromatic N) is 2. The van der Waals surface area contributed by atoms with E-state index in [1.807, 2.05) is 7.05 Å². The number of piperidine rings is 1. The van der Waals surface area contributed by atoms with Crippen molar-refractivity contribution >= 4 is 29.9 Å². The maximum atomic E-state index is 6.08. The predicted octanol–water partition coefficient (Wildman–Crippen LogP) is 3.34. The first kappa shape index (κ1) is 24.0. The summed E-state index contributed by atoms with van der Waals surface area (Å²) in [5.41, 5.74) is 0.190. The second-order valence-electron chi connectivity index (χ2n) is 8.96. The molecule has 2 heterocycles. The maximum absolute atomic E-state index is 6.08. The fourth-order valence-corrected chi connectivity index (χ4v) is 4.08. The Morgan fingerprint density at radius 3 is 2.46 bits per heavy atom. The molecule has 0 radical (unpaired) electrons. The second kappa shape index (κ2) is 11.7. The van der Waals surface area contributed by atoms with Gasteiger partial charge in [0.15, 0.2) is 5.96 Å². The number of ether oxygens (including phenoxy) is 1. The van der Waals surface area contributed by atoms with Crippen molar-refractivity contribution in [2.75, 3.05) is 46.4 Å². The summed E-state index contributed by atoms with van der Waals surface area (Å²) in [6.45, 7) is 15.6. The fourth-order valence-electron chi connectivity index (χ4n) is 4.08. The van der Waals surface area contributed by atoms with Crippen LogP contribution >= 0.6 is 24.0 Å². The molecule has 154 valence electrons. The number of likely N-dealkylation sites (tertiary alicyclic amines) is 1. The van der Waals surface area contributed by atoms with Gasteiger partial charge in [-0.1, -0.05) is 27.7 Å². The maximum Gasteiger partial charge on any atom is 0.191 e. The third kappa shape index (κ3) is 7.89. The summed E-state index contributed by atoms with van der Waals surface area (Å²) < 4.78 is 6.08. The van der Waals surface area contributed by atoms with E-state index in [1.165, 1.54) is 38.8 Å². The lowest BCUT2D eigenvalue weighted by Gasteiger charge is -2.40. The number of halogens is 1. The van der Waals surface area contributed by atoms with Crippen LogP contribution in [0.25, 0.3) is 0 Å². The Labute approximate surface area is 178 Å². The fraction of sp³-hybridized carbons (Fsp3) is 0.950. The van der Waals surface area contributed by atoms with Gasteiger partial charge in [0.2, 0.25) is 0 Å². The third-order valence-electron chi connectivity index (χ3n) is 5.65. The summed E-state index contributed by atoms with van der Waals surface area (Å²) in [7, 11) is 1.86. The van der Waals surface area contributed by atoms with E-state index in [9.17, 15) is 0 Å². The molecule has 5 nitrogen and oxygen atoms in total. The topological polar surface area (TPSA) is 48.9 Å². The van der Waals surface area contributed by atoms with Crippen molar-refractivity contribution in [2.24, 2.45) is 22.2 Å². The van der Waals surface area contributed by atoms with E-state index >= 15 is 0 Å². The number of guanidine groups is 1. The highest BCUT2D eigenvalue weighted by Crippen LogP contribution is 2.33. The van der Waals surface area contributed by atoms with Gasteiger partial charge in [-0.15, -0.1) is 24.0 Å². The van der Waals surface area contributed by atoms with Gasteiger partial charge < -0.3 is 20.3 Å². The number of hydrogen-bond donors (Lipinski definition) is 2. The van der Waals surface area contributed by atoms with Crippen molar-refractivity contribution in [1.82, 2.24) is 15.5 Å². The molecule has 2 aliphatic rings. The molecule has 0 aliphatic carbocycles. The van der Waals surface area contributed by atoms with Gasteiger partial charge in [0.1, 0.15) is 0 Å². The average Bonchev–Trinajstić information content (AvgIpc) is 2.59. The van der Waals surface area contributed by atoms with Gasteiger partial charge in [0.05, 0.1) is 6.10 Å². The average molecular weight is 480 g/mol. The normalized spacial score (nSPS) is 26.3. The van der Waals surface area contributed by atoms with Crippen LogP contribution in [0.2, 0.25) is 0 Å². The lowest BCUT2D eigenvalue weighted by atomic mass is 9.78. The molecule has 2 N–H and O–H groups in total. The van der Waals surface area contributed by atoms with Crippen LogP contribution in [0.3, 0.4) is 0 Å². The minimum Gasteiger partial charge on any atom is -0.377 e. The van der Waals surface area contributed by atoms with Gasteiger partial charge in [-0.25, -0.2) is 0 Å². The number of rotatable bonds is 5. The molecule has 2 rings (SSSR count). The zero-order chi connectivity index (χ0) is 18.3. The zero-order valence-electron chi connectivity index (χ0n) is 17.5. The first-order valence-electron chi connectivity index (χ1n) is 10.2. The minimum atomic E-state index is 0. The molecule has 0 amide bonds. The minimum absolute atomic E-state index is 0. The number of nitrogens with one attached hydrogen (secondary N) is 2. The van der Waals surface area contributed by atoms with Gasteiger partial charge in [-0.05, 0) is 50.1 Å². The van der Waals surface area contributed by atoms with Crippen LogP contribution in [-0.2, 0) is 4.74 Å². The van der Waals surface area contributed by atoms with Gasteiger partial charge in [0, 0.05) is 39.2 Å². The smallest absolute Gasteiger partial charge is 0.191 e. The third-order valence-corrected chi connectivity index (χ3v) is 5.65. The molecule has 0 spiro atoms.